The van der Waals surface area contributed by atoms with Crippen molar-refractivity contribution < 1.29 is 32.7 Å². The lowest BCUT2D eigenvalue weighted by atomic mass is 10.0. The molecule has 0 aromatic heterocycles. The van der Waals surface area contributed by atoms with Crippen molar-refractivity contribution in [1.29, 1.82) is 0 Å². The predicted molar refractivity (Wildman–Crippen MR) is 149 cm³/mol. The molecule has 0 bridgehead atoms. The van der Waals surface area contributed by atoms with E-state index in [9.17, 15) is 14.3 Å². The summed E-state index contributed by atoms with van der Waals surface area (Å²) in [5.41, 5.74) is 0. The molecule has 0 spiro atoms. The summed E-state index contributed by atoms with van der Waals surface area (Å²) in [7, 11) is 2.58. The minimum absolute atomic E-state index is 0.111. The van der Waals surface area contributed by atoms with Crippen LogP contribution in [0.5, 0.6) is 0 Å². The molecule has 8 heteroatoms. The third-order valence-corrected chi connectivity index (χ3v) is 7.69. The van der Waals surface area contributed by atoms with Crippen molar-refractivity contribution in [3.8, 4) is 0 Å². The van der Waals surface area contributed by atoms with Crippen LogP contribution in [0, 0.1) is 0 Å². The summed E-state index contributed by atoms with van der Waals surface area (Å²) in [6.45, 7) is 5.17. The van der Waals surface area contributed by atoms with Gasteiger partial charge in [-0.2, -0.15) is 0 Å². The topological polar surface area (TPSA) is 82.1 Å². The summed E-state index contributed by atoms with van der Waals surface area (Å²) < 4.78 is 29.3. The fourth-order valence-electron chi connectivity index (χ4n) is 4.13. The van der Waals surface area contributed by atoms with Crippen molar-refractivity contribution in [3.05, 3.63) is 0 Å². The first-order valence-corrected chi connectivity index (χ1v) is 16.3. The van der Waals surface area contributed by atoms with Gasteiger partial charge in [0.05, 0.1) is 47.1 Å². The van der Waals surface area contributed by atoms with E-state index in [0.29, 0.717) is 13.0 Å². The lowest BCUT2D eigenvalue weighted by molar-refractivity contribution is -0.870. The highest BCUT2D eigenvalue weighted by Gasteiger charge is 2.23. The van der Waals surface area contributed by atoms with Gasteiger partial charge in [-0.05, 0) is 19.3 Å². The Balaban J connectivity index is 3.79. The molecule has 0 rings (SSSR count). The predicted octanol–water partition coefficient (Wildman–Crippen LogP) is 7.10. The number of carbonyl (C=O) groups excluding carboxylic acids is 1. The molecule has 0 saturated heterocycles. The first-order valence-electron chi connectivity index (χ1n) is 14.6. The molecule has 2 atom stereocenters. The molecule has 0 heterocycles. The molecule has 0 aromatic rings. The van der Waals surface area contributed by atoms with E-state index in [4.69, 9.17) is 14.0 Å². The van der Waals surface area contributed by atoms with Crippen LogP contribution in [-0.4, -0.2) is 75.1 Å². The third kappa shape index (κ3) is 26.6. The molecule has 0 aromatic carbocycles. The van der Waals surface area contributed by atoms with E-state index in [1.165, 1.54) is 84.0 Å². The van der Waals surface area contributed by atoms with Crippen molar-refractivity contribution in [1.82, 2.24) is 0 Å². The summed E-state index contributed by atoms with van der Waals surface area (Å²) in [6.07, 6.45) is 19.3. The Bertz CT molecular complexity index is 567. The van der Waals surface area contributed by atoms with Crippen molar-refractivity contribution in [2.75, 3.05) is 53.7 Å². The summed E-state index contributed by atoms with van der Waals surface area (Å²) in [6, 6.07) is 0. The van der Waals surface area contributed by atoms with E-state index in [1.807, 2.05) is 0 Å². The molecule has 2 unspecified atom stereocenters. The van der Waals surface area contributed by atoms with Gasteiger partial charge < -0.3 is 23.4 Å². The molecule has 1 N–H and O–H groups in total. The number of quaternary nitrogens is 1. The average molecular weight is 537 g/mol. The monoisotopic (exact) mass is 536 g/mol. The van der Waals surface area contributed by atoms with Gasteiger partial charge in [0, 0.05) is 13.5 Å². The van der Waals surface area contributed by atoms with Gasteiger partial charge in [0.15, 0.2) is 0 Å². The molecule has 0 fully saturated rings. The van der Waals surface area contributed by atoms with E-state index in [2.05, 4.69) is 28.1 Å². The zero-order valence-electron chi connectivity index (χ0n) is 24.3. The normalized spacial score (nSPS) is 14.5. The highest BCUT2D eigenvalue weighted by atomic mass is 31.2. The summed E-state index contributed by atoms with van der Waals surface area (Å²) in [5, 5.41) is 0. The molecular weight excluding hydrogens is 477 g/mol. The smallest absolute Gasteiger partial charge is 0.328 e. The Morgan fingerprint density at radius 1 is 0.778 bits per heavy atom. The van der Waals surface area contributed by atoms with E-state index in [1.54, 1.807) is 0 Å². The van der Waals surface area contributed by atoms with Crippen molar-refractivity contribution in [3.63, 3.8) is 0 Å². The molecule has 36 heavy (non-hydrogen) atoms. The van der Waals surface area contributed by atoms with Crippen LogP contribution in [0.2, 0.25) is 0 Å². The second-order valence-electron chi connectivity index (χ2n) is 11.3. The Kier molecular flexibility index (Phi) is 22.2. The highest BCUT2D eigenvalue weighted by Crippen LogP contribution is 2.43. The summed E-state index contributed by atoms with van der Waals surface area (Å²) in [5.74, 6) is -0.445. The number of hydrogen-bond acceptors (Lipinski definition) is 5. The number of carbonyl (C=O) groups is 1. The van der Waals surface area contributed by atoms with Crippen LogP contribution in [0.1, 0.15) is 117 Å². The average Bonchev–Trinajstić information content (AvgIpc) is 2.79. The lowest BCUT2D eigenvalue weighted by Gasteiger charge is -2.24. The fraction of sp³-hybridized carbons (Fsp3) is 0.964. The van der Waals surface area contributed by atoms with Gasteiger partial charge in [-0.1, -0.05) is 90.4 Å². The second kappa shape index (κ2) is 22.5. The zero-order valence-corrected chi connectivity index (χ0v) is 25.2. The van der Waals surface area contributed by atoms with Crippen LogP contribution in [0.3, 0.4) is 0 Å². The number of nitrogens with zero attached hydrogens (tertiary/aromatic N) is 1. The van der Waals surface area contributed by atoms with Crippen LogP contribution >= 0.6 is 7.60 Å². The van der Waals surface area contributed by atoms with Crippen LogP contribution in [0.15, 0.2) is 0 Å². The number of hydrogen-bond donors (Lipinski definition) is 1. The lowest BCUT2D eigenvalue weighted by Crippen LogP contribution is -2.35. The minimum Gasteiger partial charge on any atom is -0.458 e. The maximum atomic E-state index is 12.3. The summed E-state index contributed by atoms with van der Waals surface area (Å²) in [4.78, 5) is 21.5. The Labute approximate surface area is 222 Å². The van der Waals surface area contributed by atoms with Crippen LogP contribution in [0.25, 0.3) is 0 Å². The minimum atomic E-state index is -3.70. The Morgan fingerprint density at radius 2 is 1.28 bits per heavy atom. The van der Waals surface area contributed by atoms with E-state index < -0.39 is 19.7 Å². The molecule has 0 saturated carbocycles. The largest absolute Gasteiger partial charge is 0.458 e. The number of rotatable bonds is 26. The SMILES string of the molecule is CCCCCCCCCCCCCCCCOCC(COP(=O)(O)CCCC[N+](C)(C)C)OC(C)=O. The Hall–Kier alpha value is -0.460. The van der Waals surface area contributed by atoms with Crippen LogP contribution < -0.4 is 0 Å². The number of unbranched alkanes of at least 4 members (excludes halogenated alkanes) is 14. The van der Waals surface area contributed by atoms with E-state index in [-0.39, 0.29) is 19.4 Å². The van der Waals surface area contributed by atoms with Gasteiger partial charge in [0.2, 0.25) is 0 Å². The fourth-order valence-corrected chi connectivity index (χ4v) is 5.28. The quantitative estimate of drug-likeness (QED) is 0.0549. The summed E-state index contributed by atoms with van der Waals surface area (Å²) >= 11 is 0. The first-order chi connectivity index (χ1) is 17.1. The molecular formula is C28H59NO6P+. The number of ether oxygens (including phenoxy) is 2. The standard InChI is InChI=1S/C28H58NO6P/c1-6-7-8-9-10-11-12-13-14-15-16-17-18-20-23-33-25-28(35-27(2)30)26-34-36(31,32)24-21-19-22-29(3,4)5/h28H,6-26H2,1-5H3/p+1. The van der Waals surface area contributed by atoms with Gasteiger partial charge in [0.1, 0.15) is 6.10 Å². The van der Waals surface area contributed by atoms with Gasteiger partial charge >= 0.3 is 13.6 Å². The molecule has 0 amide bonds. The van der Waals surface area contributed by atoms with Crippen molar-refractivity contribution in [2.24, 2.45) is 0 Å². The van der Waals surface area contributed by atoms with E-state index >= 15 is 0 Å². The maximum absolute atomic E-state index is 12.3. The van der Waals surface area contributed by atoms with Gasteiger partial charge in [-0.25, -0.2) is 0 Å². The second-order valence-corrected chi connectivity index (χ2v) is 13.3. The molecule has 7 nitrogen and oxygen atoms in total. The van der Waals surface area contributed by atoms with Gasteiger partial charge in [0.25, 0.3) is 0 Å². The van der Waals surface area contributed by atoms with Crippen LogP contribution in [0.4, 0.5) is 0 Å². The highest BCUT2D eigenvalue weighted by molar-refractivity contribution is 7.52. The van der Waals surface area contributed by atoms with Gasteiger partial charge in [-0.15, -0.1) is 0 Å². The zero-order chi connectivity index (χ0) is 27.1. The maximum Gasteiger partial charge on any atom is 0.328 e. The van der Waals surface area contributed by atoms with Crippen molar-refractivity contribution >= 4 is 13.6 Å². The van der Waals surface area contributed by atoms with E-state index in [0.717, 1.165) is 30.3 Å². The molecule has 0 aliphatic heterocycles. The molecule has 0 aliphatic rings. The Morgan fingerprint density at radius 3 is 1.75 bits per heavy atom. The molecule has 0 radical (unpaired) electrons. The third-order valence-electron chi connectivity index (χ3n) is 6.26. The molecule has 216 valence electrons. The molecule has 0 aliphatic carbocycles. The van der Waals surface area contributed by atoms with Crippen molar-refractivity contribution in [2.45, 2.75) is 123 Å². The number of esters is 1. The van der Waals surface area contributed by atoms with Crippen LogP contribution in [-0.2, 0) is 23.4 Å². The van der Waals surface area contributed by atoms with Gasteiger partial charge in [-0.3, -0.25) is 9.36 Å². The first kappa shape index (κ1) is 35.5.